The largest absolute Gasteiger partial charge is 0.394 e. The average Bonchev–Trinajstić information content (AvgIpc) is 2.49. The van der Waals surface area contributed by atoms with Crippen molar-refractivity contribution in [2.45, 2.75) is 64.2 Å². The Labute approximate surface area is 129 Å². The van der Waals surface area contributed by atoms with E-state index < -0.39 is 0 Å². The lowest BCUT2D eigenvalue weighted by atomic mass is 10.1. The molecule has 0 aliphatic rings. The Balaban J connectivity index is 3.11. The summed E-state index contributed by atoms with van der Waals surface area (Å²) in [5.74, 6) is 0.101. The third-order valence-corrected chi connectivity index (χ3v) is 3.41. The zero-order valence-corrected chi connectivity index (χ0v) is 13.4. The number of hydrogen-bond donors (Lipinski definition) is 3. The van der Waals surface area contributed by atoms with Crippen molar-refractivity contribution in [2.75, 3.05) is 32.9 Å². The van der Waals surface area contributed by atoms with Crippen molar-refractivity contribution in [3.05, 3.63) is 0 Å². The van der Waals surface area contributed by atoms with Crippen LogP contribution in [0.3, 0.4) is 0 Å². The lowest BCUT2D eigenvalue weighted by Crippen LogP contribution is -2.27. The molecule has 4 N–H and O–H groups in total. The van der Waals surface area contributed by atoms with Crippen molar-refractivity contribution < 1.29 is 14.6 Å². The van der Waals surface area contributed by atoms with Gasteiger partial charge in [-0.3, -0.25) is 4.79 Å². The minimum Gasteiger partial charge on any atom is -0.394 e. The number of ether oxygens (including phenoxy) is 1. The van der Waals surface area contributed by atoms with Gasteiger partial charge in [0.1, 0.15) is 0 Å². The molecule has 0 spiro atoms. The number of hydrogen-bond acceptors (Lipinski definition) is 4. The first-order chi connectivity index (χ1) is 10.3. The molecule has 5 heteroatoms. The normalized spacial score (nSPS) is 10.8. The van der Waals surface area contributed by atoms with Crippen LogP contribution in [0, 0.1) is 0 Å². The number of nitrogens with one attached hydrogen (secondary N) is 1. The van der Waals surface area contributed by atoms with Gasteiger partial charge in [0.25, 0.3) is 0 Å². The number of carbonyl (C=O) groups excluding carboxylic acids is 1. The number of rotatable bonds is 16. The minimum atomic E-state index is 0.0287. The molecule has 21 heavy (non-hydrogen) atoms. The van der Waals surface area contributed by atoms with Crippen molar-refractivity contribution in [3.8, 4) is 0 Å². The molecule has 0 aliphatic carbocycles. The Kier molecular flexibility index (Phi) is 16.9. The first-order valence-corrected chi connectivity index (χ1v) is 8.46. The summed E-state index contributed by atoms with van der Waals surface area (Å²) < 4.78 is 5.07. The lowest BCUT2D eigenvalue weighted by molar-refractivity contribution is -0.121. The Bertz CT molecular complexity index is 226. The van der Waals surface area contributed by atoms with E-state index in [0.717, 1.165) is 25.8 Å². The van der Waals surface area contributed by atoms with E-state index in [2.05, 4.69) is 5.32 Å². The molecule has 0 aliphatic heterocycles. The highest BCUT2D eigenvalue weighted by Gasteiger charge is 2.00. The molecule has 1 amide bonds. The third kappa shape index (κ3) is 17.3. The molecular formula is C16H34N2O3. The van der Waals surface area contributed by atoms with E-state index in [-0.39, 0.29) is 12.5 Å². The molecule has 0 unspecified atom stereocenters. The van der Waals surface area contributed by atoms with Gasteiger partial charge in [-0.2, -0.15) is 0 Å². The van der Waals surface area contributed by atoms with Gasteiger partial charge in [-0.15, -0.1) is 0 Å². The fourth-order valence-electron chi connectivity index (χ4n) is 2.18. The van der Waals surface area contributed by atoms with Crippen LogP contribution in [0.15, 0.2) is 0 Å². The highest BCUT2D eigenvalue weighted by Crippen LogP contribution is 2.10. The molecule has 0 bridgehead atoms. The molecule has 0 radical (unpaired) electrons. The highest BCUT2D eigenvalue weighted by molar-refractivity contribution is 5.75. The summed E-state index contributed by atoms with van der Waals surface area (Å²) in [7, 11) is 0. The van der Waals surface area contributed by atoms with Crippen LogP contribution in [0.25, 0.3) is 0 Å². The van der Waals surface area contributed by atoms with Gasteiger partial charge in [-0.1, -0.05) is 44.9 Å². The van der Waals surface area contributed by atoms with Crippen LogP contribution < -0.4 is 11.1 Å². The number of nitrogens with two attached hydrogens (primary N) is 1. The van der Waals surface area contributed by atoms with Gasteiger partial charge >= 0.3 is 0 Å². The minimum absolute atomic E-state index is 0.0287. The number of aliphatic hydroxyl groups is 1. The topological polar surface area (TPSA) is 84.6 Å². The highest BCUT2D eigenvalue weighted by atomic mass is 16.5. The molecule has 0 saturated carbocycles. The summed E-state index contributed by atoms with van der Waals surface area (Å²) in [6, 6.07) is 0. The third-order valence-electron chi connectivity index (χ3n) is 3.41. The van der Waals surface area contributed by atoms with Crippen molar-refractivity contribution in [2.24, 2.45) is 5.73 Å². The van der Waals surface area contributed by atoms with Gasteiger partial charge in [0.2, 0.25) is 5.91 Å². The number of carbonyl (C=O) groups is 1. The van der Waals surface area contributed by atoms with Crippen LogP contribution in [0.4, 0.5) is 0 Å². The maximum atomic E-state index is 11.5. The standard InChI is InChI=1S/C16H34N2O3/c17-11-9-7-5-3-1-2-4-6-8-10-16(20)18-12-14-21-15-13-19/h19H,1-15,17H2,(H,18,20). The molecule has 126 valence electrons. The molecule has 0 atom stereocenters. The molecular weight excluding hydrogens is 268 g/mol. The first-order valence-electron chi connectivity index (χ1n) is 8.46. The fraction of sp³-hybridized carbons (Fsp3) is 0.938. The maximum Gasteiger partial charge on any atom is 0.220 e. The number of aliphatic hydroxyl groups excluding tert-OH is 1. The van der Waals surface area contributed by atoms with Crippen molar-refractivity contribution in [1.82, 2.24) is 5.32 Å². The van der Waals surface area contributed by atoms with E-state index in [0.29, 0.717) is 26.2 Å². The number of unbranched alkanes of at least 4 members (excludes halogenated alkanes) is 8. The first kappa shape index (κ1) is 20.3. The Morgan fingerprint density at radius 3 is 2.05 bits per heavy atom. The average molecular weight is 302 g/mol. The zero-order chi connectivity index (χ0) is 15.6. The lowest BCUT2D eigenvalue weighted by Gasteiger charge is -2.05. The molecule has 0 fully saturated rings. The summed E-state index contributed by atoms with van der Waals surface area (Å²) >= 11 is 0. The van der Waals surface area contributed by atoms with Gasteiger partial charge < -0.3 is 20.9 Å². The molecule has 0 rings (SSSR count). The van der Waals surface area contributed by atoms with Gasteiger partial charge in [-0.25, -0.2) is 0 Å². The Morgan fingerprint density at radius 1 is 0.905 bits per heavy atom. The molecule has 0 aromatic rings. The second-order valence-corrected chi connectivity index (χ2v) is 5.41. The predicted octanol–water partition coefficient (Wildman–Crippen LogP) is 1.97. The molecule has 0 aromatic heterocycles. The van der Waals surface area contributed by atoms with Crippen LogP contribution in [0.1, 0.15) is 64.2 Å². The van der Waals surface area contributed by atoms with E-state index in [9.17, 15) is 4.79 Å². The zero-order valence-electron chi connectivity index (χ0n) is 13.4. The van der Waals surface area contributed by atoms with Gasteiger partial charge in [-0.05, 0) is 19.4 Å². The fourth-order valence-corrected chi connectivity index (χ4v) is 2.18. The van der Waals surface area contributed by atoms with E-state index in [1.54, 1.807) is 0 Å². The van der Waals surface area contributed by atoms with Crippen LogP contribution in [-0.4, -0.2) is 43.9 Å². The van der Waals surface area contributed by atoms with Crippen LogP contribution in [0.5, 0.6) is 0 Å². The SMILES string of the molecule is NCCCCCCCCCCCC(=O)NCCOCCO. The summed E-state index contributed by atoms with van der Waals surface area (Å²) in [6.07, 6.45) is 11.6. The summed E-state index contributed by atoms with van der Waals surface area (Å²) in [6.45, 7) is 2.18. The molecule has 0 aromatic carbocycles. The van der Waals surface area contributed by atoms with Crippen molar-refractivity contribution in [3.63, 3.8) is 0 Å². The summed E-state index contributed by atoms with van der Waals surface area (Å²) in [5, 5.41) is 11.3. The Hall–Kier alpha value is -0.650. The second-order valence-electron chi connectivity index (χ2n) is 5.41. The van der Waals surface area contributed by atoms with E-state index in [1.807, 2.05) is 0 Å². The second kappa shape index (κ2) is 17.4. The van der Waals surface area contributed by atoms with Crippen LogP contribution >= 0.6 is 0 Å². The number of amides is 1. The van der Waals surface area contributed by atoms with Gasteiger partial charge in [0, 0.05) is 13.0 Å². The van der Waals surface area contributed by atoms with Crippen molar-refractivity contribution >= 4 is 5.91 Å². The van der Waals surface area contributed by atoms with Gasteiger partial charge in [0.15, 0.2) is 0 Å². The van der Waals surface area contributed by atoms with Crippen LogP contribution in [0.2, 0.25) is 0 Å². The van der Waals surface area contributed by atoms with Crippen molar-refractivity contribution in [1.29, 1.82) is 0 Å². The Morgan fingerprint density at radius 2 is 1.48 bits per heavy atom. The van der Waals surface area contributed by atoms with E-state index in [4.69, 9.17) is 15.6 Å². The predicted molar refractivity (Wildman–Crippen MR) is 86.1 cm³/mol. The molecule has 5 nitrogen and oxygen atoms in total. The monoisotopic (exact) mass is 302 g/mol. The van der Waals surface area contributed by atoms with E-state index in [1.165, 1.54) is 38.5 Å². The summed E-state index contributed by atoms with van der Waals surface area (Å²) in [4.78, 5) is 11.5. The van der Waals surface area contributed by atoms with Gasteiger partial charge in [0.05, 0.1) is 19.8 Å². The quantitative estimate of drug-likeness (QED) is 0.381. The van der Waals surface area contributed by atoms with Crippen LogP contribution in [-0.2, 0) is 9.53 Å². The maximum absolute atomic E-state index is 11.5. The smallest absolute Gasteiger partial charge is 0.220 e. The summed E-state index contributed by atoms with van der Waals surface area (Å²) in [5.41, 5.74) is 5.45. The van der Waals surface area contributed by atoms with E-state index >= 15 is 0 Å². The molecule has 0 heterocycles. The molecule has 0 saturated heterocycles.